The highest BCUT2D eigenvalue weighted by molar-refractivity contribution is 7.99. The number of hydrogen-bond acceptors (Lipinski definition) is 5. The number of rotatable bonds is 3. The quantitative estimate of drug-likeness (QED) is 0.715. The van der Waals surface area contributed by atoms with Gasteiger partial charge in [-0.25, -0.2) is 9.37 Å². The normalized spacial score (nSPS) is 16.2. The molecule has 1 unspecified atom stereocenters. The third-order valence-electron chi connectivity index (χ3n) is 4.20. The van der Waals surface area contributed by atoms with Crippen molar-refractivity contribution in [3.63, 3.8) is 0 Å². The molecule has 2 aromatic heterocycles. The van der Waals surface area contributed by atoms with Gasteiger partial charge in [0.15, 0.2) is 0 Å². The zero-order valence-electron chi connectivity index (χ0n) is 14.0. The van der Waals surface area contributed by atoms with Gasteiger partial charge in [-0.3, -0.25) is 9.78 Å². The maximum Gasteiger partial charge on any atom is 0.263 e. The van der Waals surface area contributed by atoms with Crippen molar-refractivity contribution in [2.24, 2.45) is 0 Å². The molecule has 1 aliphatic rings. The summed E-state index contributed by atoms with van der Waals surface area (Å²) in [5, 5.41) is 3.78. The van der Waals surface area contributed by atoms with Crippen LogP contribution in [0.25, 0.3) is 10.7 Å². The average molecular weight is 385 g/mol. The van der Waals surface area contributed by atoms with Crippen LogP contribution in [0.15, 0.2) is 47.5 Å². The van der Waals surface area contributed by atoms with Gasteiger partial charge in [0, 0.05) is 16.8 Å². The van der Waals surface area contributed by atoms with Crippen LogP contribution in [-0.4, -0.2) is 21.6 Å². The summed E-state index contributed by atoms with van der Waals surface area (Å²) in [4.78, 5) is 23.2. The van der Waals surface area contributed by atoms with Gasteiger partial charge in [-0.15, -0.1) is 23.1 Å². The standard InChI is InChI=1S/C19H16FN3OS2/c1-11-17(26-19(22-11)15-4-2-3-8-21-15)18(24)23-14-7-9-25-16-6-5-12(20)10-13(14)16/h2-6,8,10,14H,7,9H2,1H3,(H,23,24). The molecule has 0 bridgehead atoms. The van der Waals surface area contributed by atoms with E-state index in [1.807, 2.05) is 25.1 Å². The van der Waals surface area contributed by atoms with Crippen molar-refractivity contribution in [3.05, 3.63) is 64.5 Å². The molecule has 0 radical (unpaired) electrons. The van der Waals surface area contributed by atoms with Crippen molar-refractivity contribution >= 4 is 29.0 Å². The van der Waals surface area contributed by atoms with Crippen molar-refractivity contribution in [3.8, 4) is 10.7 Å². The van der Waals surface area contributed by atoms with E-state index in [1.54, 1.807) is 24.0 Å². The van der Waals surface area contributed by atoms with E-state index in [0.29, 0.717) is 10.6 Å². The lowest BCUT2D eigenvalue weighted by Gasteiger charge is -2.25. The number of amides is 1. The van der Waals surface area contributed by atoms with E-state index in [1.165, 1.54) is 23.5 Å². The van der Waals surface area contributed by atoms with E-state index in [9.17, 15) is 9.18 Å². The predicted octanol–water partition coefficient (Wildman–Crippen LogP) is 4.62. The molecule has 4 rings (SSSR count). The number of nitrogens with zero attached hydrogens (tertiary/aromatic N) is 2. The van der Waals surface area contributed by atoms with E-state index < -0.39 is 0 Å². The van der Waals surface area contributed by atoms with Crippen LogP contribution in [0.3, 0.4) is 0 Å². The minimum Gasteiger partial charge on any atom is -0.344 e. The second-order valence-corrected chi connectivity index (χ2v) is 8.13. The Labute approximate surface area is 158 Å². The summed E-state index contributed by atoms with van der Waals surface area (Å²) >= 11 is 3.02. The molecule has 7 heteroatoms. The molecule has 26 heavy (non-hydrogen) atoms. The molecule has 0 saturated carbocycles. The molecule has 1 N–H and O–H groups in total. The number of thiazole rings is 1. The molecule has 0 fully saturated rings. The monoisotopic (exact) mass is 385 g/mol. The van der Waals surface area contributed by atoms with Crippen molar-refractivity contribution in [1.82, 2.24) is 15.3 Å². The van der Waals surface area contributed by atoms with Gasteiger partial charge in [-0.2, -0.15) is 0 Å². The summed E-state index contributed by atoms with van der Waals surface area (Å²) in [6, 6.07) is 10.2. The number of aryl methyl sites for hydroxylation is 1. The molecule has 132 valence electrons. The Morgan fingerprint density at radius 2 is 2.19 bits per heavy atom. The summed E-state index contributed by atoms with van der Waals surface area (Å²) in [5.74, 6) is 0.441. The molecule has 1 atom stereocenters. The molecule has 3 heterocycles. The van der Waals surface area contributed by atoms with E-state index in [-0.39, 0.29) is 17.8 Å². The zero-order valence-corrected chi connectivity index (χ0v) is 15.7. The summed E-state index contributed by atoms with van der Waals surface area (Å²) in [7, 11) is 0. The summed E-state index contributed by atoms with van der Waals surface area (Å²) in [5.41, 5.74) is 2.28. The van der Waals surface area contributed by atoms with Crippen LogP contribution < -0.4 is 5.32 Å². The fourth-order valence-corrected chi connectivity index (χ4v) is 5.00. The number of fused-ring (bicyclic) bond motifs is 1. The summed E-state index contributed by atoms with van der Waals surface area (Å²) in [6.45, 7) is 1.82. The Morgan fingerprint density at radius 1 is 1.31 bits per heavy atom. The lowest BCUT2D eigenvalue weighted by Crippen LogP contribution is -2.30. The number of thioether (sulfide) groups is 1. The molecular formula is C19H16FN3OS2. The van der Waals surface area contributed by atoms with E-state index in [2.05, 4.69) is 15.3 Å². The molecule has 4 nitrogen and oxygen atoms in total. The Kier molecular flexibility index (Phi) is 4.74. The molecule has 1 aliphatic heterocycles. The lowest BCUT2D eigenvalue weighted by atomic mass is 10.0. The van der Waals surface area contributed by atoms with Crippen molar-refractivity contribution in [2.45, 2.75) is 24.3 Å². The number of carbonyl (C=O) groups excluding carboxylic acids is 1. The highest BCUT2D eigenvalue weighted by Gasteiger charge is 2.25. The van der Waals surface area contributed by atoms with Gasteiger partial charge < -0.3 is 5.32 Å². The zero-order chi connectivity index (χ0) is 18.1. The largest absolute Gasteiger partial charge is 0.344 e. The molecule has 0 spiro atoms. The van der Waals surface area contributed by atoms with Gasteiger partial charge in [0.05, 0.1) is 17.4 Å². The van der Waals surface area contributed by atoms with Crippen molar-refractivity contribution in [1.29, 1.82) is 0 Å². The Balaban J connectivity index is 1.59. The number of nitrogens with one attached hydrogen (secondary N) is 1. The maximum absolute atomic E-state index is 13.6. The third-order valence-corrected chi connectivity index (χ3v) is 6.50. The Morgan fingerprint density at radius 3 is 3.00 bits per heavy atom. The first-order valence-electron chi connectivity index (χ1n) is 8.24. The van der Waals surface area contributed by atoms with Gasteiger partial charge in [0.1, 0.15) is 15.7 Å². The fraction of sp³-hybridized carbons (Fsp3) is 0.211. The number of hydrogen-bond donors (Lipinski definition) is 1. The van der Waals surface area contributed by atoms with Gasteiger partial charge in [-0.1, -0.05) is 6.07 Å². The van der Waals surface area contributed by atoms with E-state index >= 15 is 0 Å². The van der Waals surface area contributed by atoms with E-state index in [0.717, 1.165) is 33.3 Å². The first-order chi connectivity index (χ1) is 12.6. The highest BCUT2D eigenvalue weighted by atomic mass is 32.2. The smallest absolute Gasteiger partial charge is 0.263 e. The lowest BCUT2D eigenvalue weighted by molar-refractivity contribution is 0.0938. The van der Waals surface area contributed by atoms with Gasteiger partial charge in [-0.05, 0) is 49.2 Å². The molecule has 1 aromatic carbocycles. The van der Waals surface area contributed by atoms with Crippen LogP contribution in [0.1, 0.15) is 33.4 Å². The second kappa shape index (κ2) is 7.17. The van der Waals surface area contributed by atoms with Gasteiger partial charge in [0.2, 0.25) is 0 Å². The van der Waals surface area contributed by atoms with Crippen LogP contribution >= 0.6 is 23.1 Å². The van der Waals surface area contributed by atoms with Gasteiger partial charge >= 0.3 is 0 Å². The van der Waals surface area contributed by atoms with Crippen molar-refractivity contribution < 1.29 is 9.18 Å². The van der Waals surface area contributed by atoms with Crippen molar-refractivity contribution in [2.75, 3.05) is 5.75 Å². The number of pyridine rings is 1. The fourth-order valence-electron chi connectivity index (χ4n) is 2.94. The van der Waals surface area contributed by atoms with Crippen LogP contribution in [0, 0.1) is 12.7 Å². The molecule has 1 amide bonds. The number of halogens is 1. The minimum atomic E-state index is -0.281. The van der Waals surface area contributed by atoms with Crippen LogP contribution in [0.5, 0.6) is 0 Å². The third kappa shape index (κ3) is 3.37. The van der Waals surface area contributed by atoms with Crippen LogP contribution in [0.4, 0.5) is 4.39 Å². The second-order valence-electron chi connectivity index (χ2n) is 5.99. The van der Waals surface area contributed by atoms with Crippen LogP contribution in [-0.2, 0) is 0 Å². The minimum absolute atomic E-state index is 0.172. The molecule has 3 aromatic rings. The predicted molar refractivity (Wildman–Crippen MR) is 102 cm³/mol. The molecular weight excluding hydrogens is 369 g/mol. The average Bonchev–Trinajstić information content (AvgIpc) is 3.05. The SMILES string of the molecule is Cc1nc(-c2ccccn2)sc1C(=O)NC1CCSc2ccc(F)cc21. The van der Waals surface area contributed by atoms with Crippen LogP contribution in [0.2, 0.25) is 0 Å². The maximum atomic E-state index is 13.6. The first kappa shape index (κ1) is 17.2. The highest BCUT2D eigenvalue weighted by Crippen LogP contribution is 2.37. The molecule has 0 saturated heterocycles. The summed E-state index contributed by atoms with van der Waals surface area (Å²) < 4.78 is 13.6. The topological polar surface area (TPSA) is 54.9 Å². The van der Waals surface area contributed by atoms with E-state index in [4.69, 9.17) is 0 Å². The Bertz CT molecular complexity index is 959. The first-order valence-corrected chi connectivity index (χ1v) is 10.0. The number of benzene rings is 1. The summed E-state index contributed by atoms with van der Waals surface area (Å²) in [6.07, 6.45) is 2.48. The Hall–Kier alpha value is -2.25. The molecule has 0 aliphatic carbocycles. The number of aromatic nitrogens is 2. The number of carbonyl (C=O) groups is 1. The van der Waals surface area contributed by atoms with Gasteiger partial charge in [0.25, 0.3) is 5.91 Å².